The Morgan fingerprint density at radius 3 is 2.83 bits per heavy atom. The average Bonchev–Trinajstić information content (AvgIpc) is 2.52. The fourth-order valence-electron chi connectivity index (χ4n) is 3.63. The van der Waals surface area contributed by atoms with Gasteiger partial charge in [-0.15, -0.1) is 0 Å². The predicted molar refractivity (Wildman–Crippen MR) is 92.2 cm³/mol. The maximum Gasteiger partial charge on any atom is 0.198 e. The zero-order chi connectivity index (χ0) is 16.6. The number of carbonyl (C=O) groups is 1. The number of fused-ring (bicyclic) bond motifs is 1. The molecule has 1 aliphatic rings. The molecule has 0 saturated carbocycles. The minimum Gasteiger partial charge on any atom is -0.358 e. The first kappa shape index (κ1) is 15.9. The summed E-state index contributed by atoms with van der Waals surface area (Å²) in [6.45, 7) is 7.67. The molecule has 1 aromatic carbocycles. The van der Waals surface area contributed by atoms with Crippen LogP contribution in [0.4, 0.5) is 0 Å². The number of hydrogen-bond acceptors (Lipinski definition) is 2. The van der Waals surface area contributed by atoms with E-state index < -0.39 is 0 Å². The van der Waals surface area contributed by atoms with Crippen LogP contribution < -0.4 is 10.3 Å². The monoisotopic (exact) mass is 313 g/mol. The number of Topliss-reactive ketones (excluding diaryl/α,β-unsaturated/α-hetero) is 1. The second kappa shape index (κ2) is 6.28. The van der Waals surface area contributed by atoms with Crippen molar-refractivity contribution in [3.63, 3.8) is 0 Å². The predicted octanol–water partition coefficient (Wildman–Crippen LogP) is 2.00. The van der Waals surface area contributed by atoms with Gasteiger partial charge in [-0.1, -0.05) is 0 Å². The van der Waals surface area contributed by atoms with Crippen LogP contribution in [-0.2, 0) is 6.54 Å². The van der Waals surface area contributed by atoms with Crippen LogP contribution >= 0.6 is 0 Å². The van der Waals surface area contributed by atoms with Crippen LogP contribution in [0.25, 0.3) is 10.9 Å². The maximum atomic E-state index is 13.0. The molecule has 23 heavy (non-hydrogen) atoms. The number of likely N-dealkylation sites (tertiary alicyclic amines) is 1. The molecule has 3 rings (SSSR count). The van der Waals surface area contributed by atoms with E-state index in [2.05, 4.69) is 11.9 Å². The molecule has 0 bridgehead atoms. The molecular formula is C19H25N2O2+. The quantitative estimate of drug-likeness (QED) is 0.852. The van der Waals surface area contributed by atoms with Crippen LogP contribution in [-0.4, -0.2) is 23.4 Å². The van der Waals surface area contributed by atoms with Crippen molar-refractivity contribution < 1.29 is 9.69 Å². The Balaban J connectivity index is 2.05. The molecule has 0 amide bonds. The van der Waals surface area contributed by atoms with Crippen LogP contribution in [0.2, 0.25) is 0 Å². The number of quaternary nitrogens is 1. The van der Waals surface area contributed by atoms with Crippen molar-refractivity contribution in [3.05, 3.63) is 45.2 Å². The van der Waals surface area contributed by atoms with Gasteiger partial charge in [0, 0.05) is 22.2 Å². The molecule has 0 radical (unpaired) electrons. The number of benzene rings is 1. The van der Waals surface area contributed by atoms with Gasteiger partial charge in [0.2, 0.25) is 0 Å². The Morgan fingerprint density at radius 1 is 1.35 bits per heavy atom. The van der Waals surface area contributed by atoms with Crippen molar-refractivity contribution in [2.75, 3.05) is 6.54 Å². The van der Waals surface area contributed by atoms with Gasteiger partial charge < -0.3 is 9.88 Å². The van der Waals surface area contributed by atoms with Crippen LogP contribution in [0, 0.1) is 6.92 Å². The molecule has 0 spiro atoms. The molecule has 1 unspecified atom stereocenters. The van der Waals surface area contributed by atoms with Gasteiger partial charge in [-0.2, -0.15) is 0 Å². The number of ketones is 1. The first-order valence-corrected chi connectivity index (χ1v) is 8.48. The first-order chi connectivity index (χ1) is 11.0. The van der Waals surface area contributed by atoms with Gasteiger partial charge >= 0.3 is 0 Å². The summed E-state index contributed by atoms with van der Waals surface area (Å²) in [5.74, 6) is -0.0105. The van der Waals surface area contributed by atoms with Crippen molar-refractivity contribution >= 4 is 16.7 Å². The number of H-pyrrole nitrogens is 1. The minimum absolute atomic E-state index is 0.0105. The molecule has 2 aromatic rings. The Hall–Kier alpha value is -1.94. The number of aromatic amines is 1. The largest absolute Gasteiger partial charge is 0.358 e. The molecular weight excluding hydrogens is 288 g/mol. The molecule has 2 N–H and O–H groups in total. The van der Waals surface area contributed by atoms with E-state index in [1.807, 2.05) is 13.0 Å². The number of aromatic nitrogens is 1. The lowest BCUT2D eigenvalue weighted by Crippen LogP contribution is -3.15. The number of aryl methyl sites for hydroxylation is 1. The van der Waals surface area contributed by atoms with Gasteiger partial charge in [0.25, 0.3) is 0 Å². The summed E-state index contributed by atoms with van der Waals surface area (Å²) in [6.07, 6.45) is 3.76. The molecule has 1 aliphatic heterocycles. The number of nitrogens with one attached hydrogen (secondary N) is 2. The number of pyridine rings is 1. The molecule has 2 atom stereocenters. The van der Waals surface area contributed by atoms with Crippen molar-refractivity contribution in [1.29, 1.82) is 0 Å². The van der Waals surface area contributed by atoms with E-state index in [0.717, 1.165) is 29.9 Å². The molecule has 4 heteroatoms. The van der Waals surface area contributed by atoms with Crippen molar-refractivity contribution in [3.8, 4) is 0 Å². The van der Waals surface area contributed by atoms with Crippen LogP contribution in [0.15, 0.2) is 23.0 Å². The van der Waals surface area contributed by atoms with Gasteiger partial charge in [0.15, 0.2) is 11.2 Å². The summed E-state index contributed by atoms with van der Waals surface area (Å²) in [5.41, 5.74) is 3.29. The zero-order valence-corrected chi connectivity index (χ0v) is 14.2. The topological polar surface area (TPSA) is 54.4 Å². The fraction of sp³-hybridized carbons (Fsp3) is 0.474. The SMILES string of the molecule is CC(=O)c1ccc2[nH]c(C)c(C[NH+]3CCCC[C@H]3C)c(=O)c2c1. The molecule has 2 heterocycles. The number of piperidine rings is 1. The summed E-state index contributed by atoms with van der Waals surface area (Å²) in [6, 6.07) is 5.94. The molecule has 122 valence electrons. The van der Waals surface area contributed by atoms with Crippen molar-refractivity contribution in [2.45, 2.75) is 52.6 Å². The van der Waals surface area contributed by atoms with Crippen LogP contribution in [0.5, 0.6) is 0 Å². The Bertz CT molecular complexity index is 807. The van der Waals surface area contributed by atoms with E-state index in [9.17, 15) is 9.59 Å². The van der Waals surface area contributed by atoms with Gasteiger partial charge in [-0.25, -0.2) is 0 Å². The van der Waals surface area contributed by atoms with Crippen molar-refractivity contribution in [2.24, 2.45) is 0 Å². The standard InChI is InChI=1S/C19H24N2O2/c1-12-6-4-5-9-21(12)11-17-13(2)20-18-8-7-15(14(3)22)10-16(18)19(17)23/h7-8,10,12H,4-6,9,11H2,1-3H3,(H,20,23)/p+1/t12-/m1/s1. The highest BCUT2D eigenvalue weighted by molar-refractivity contribution is 5.97. The van der Waals surface area contributed by atoms with Crippen LogP contribution in [0.3, 0.4) is 0 Å². The number of carbonyl (C=O) groups excluding carboxylic acids is 1. The summed E-state index contributed by atoms with van der Waals surface area (Å²) < 4.78 is 0. The van der Waals surface area contributed by atoms with E-state index in [1.165, 1.54) is 31.1 Å². The molecule has 1 saturated heterocycles. The van der Waals surface area contributed by atoms with E-state index in [4.69, 9.17) is 0 Å². The van der Waals surface area contributed by atoms with E-state index in [0.29, 0.717) is 17.0 Å². The molecule has 4 nitrogen and oxygen atoms in total. The summed E-state index contributed by atoms with van der Waals surface area (Å²) in [5, 5.41) is 0.627. The third-order valence-electron chi connectivity index (χ3n) is 5.21. The summed E-state index contributed by atoms with van der Waals surface area (Å²) in [7, 11) is 0. The Morgan fingerprint density at radius 2 is 2.13 bits per heavy atom. The Labute approximate surface area is 136 Å². The molecule has 0 aliphatic carbocycles. The summed E-state index contributed by atoms with van der Waals surface area (Å²) >= 11 is 0. The average molecular weight is 313 g/mol. The lowest BCUT2D eigenvalue weighted by Gasteiger charge is -2.30. The highest BCUT2D eigenvalue weighted by Gasteiger charge is 2.24. The lowest BCUT2D eigenvalue weighted by molar-refractivity contribution is -0.942. The second-order valence-electron chi connectivity index (χ2n) is 6.86. The van der Waals surface area contributed by atoms with Crippen molar-refractivity contribution in [1.82, 2.24) is 4.98 Å². The highest BCUT2D eigenvalue weighted by atomic mass is 16.1. The number of rotatable bonds is 3. The highest BCUT2D eigenvalue weighted by Crippen LogP contribution is 2.14. The lowest BCUT2D eigenvalue weighted by atomic mass is 10.0. The maximum absolute atomic E-state index is 13.0. The third kappa shape index (κ3) is 3.08. The van der Waals surface area contributed by atoms with E-state index in [1.54, 1.807) is 12.1 Å². The first-order valence-electron chi connectivity index (χ1n) is 8.48. The van der Waals surface area contributed by atoms with Crippen LogP contribution in [0.1, 0.15) is 54.7 Å². The van der Waals surface area contributed by atoms with E-state index >= 15 is 0 Å². The minimum atomic E-state index is -0.0105. The zero-order valence-electron chi connectivity index (χ0n) is 14.2. The third-order valence-corrected chi connectivity index (χ3v) is 5.21. The van der Waals surface area contributed by atoms with Gasteiger partial charge in [-0.05, 0) is 58.2 Å². The van der Waals surface area contributed by atoms with E-state index in [-0.39, 0.29) is 11.2 Å². The van der Waals surface area contributed by atoms with Gasteiger partial charge in [-0.3, -0.25) is 9.59 Å². The number of hydrogen-bond donors (Lipinski definition) is 2. The second-order valence-corrected chi connectivity index (χ2v) is 6.86. The van der Waals surface area contributed by atoms with Gasteiger partial charge in [0.1, 0.15) is 6.54 Å². The Kier molecular flexibility index (Phi) is 4.35. The summed E-state index contributed by atoms with van der Waals surface area (Å²) in [4.78, 5) is 29.4. The fourth-order valence-corrected chi connectivity index (χ4v) is 3.63. The molecule has 1 fully saturated rings. The normalized spacial score (nSPS) is 21.5. The van der Waals surface area contributed by atoms with Gasteiger partial charge in [0.05, 0.1) is 18.2 Å². The smallest absolute Gasteiger partial charge is 0.198 e. The molecule has 1 aromatic heterocycles.